The van der Waals surface area contributed by atoms with Crippen molar-refractivity contribution in [2.75, 3.05) is 20.8 Å². The molecule has 1 atom stereocenters. The van der Waals surface area contributed by atoms with Gasteiger partial charge in [0.2, 0.25) is 10.0 Å². The quantitative estimate of drug-likeness (QED) is 0.779. The molecule has 1 aliphatic carbocycles. The maximum atomic E-state index is 12.2. The van der Waals surface area contributed by atoms with Gasteiger partial charge in [-0.15, -0.1) is 12.4 Å². The van der Waals surface area contributed by atoms with E-state index in [0.29, 0.717) is 17.4 Å². The van der Waals surface area contributed by atoms with Crippen LogP contribution >= 0.6 is 12.4 Å². The van der Waals surface area contributed by atoms with E-state index in [0.717, 1.165) is 12.8 Å². The Labute approximate surface area is 131 Å². The van der Waals surface area contributed by atoms with Gasteiger partial charge in [-0.25, -0.2) is 13.1 Å². The van der Waals surface area contributed by atoms with Crippen LogP contribution in [0.25, 0.3) is 0 Å². The van der Waals surface area contributed by atoms with Crippen molar-refractivity contribution in [3.8, 4) is 11.5 Å². The lowest BCUT2D eigenvalue weighted by molar-refractivity contribution is 0.354. The Kier molecular flexibility index (Phi) is 6.27. The first-order valence-electron chi connectivity index (χ1n) is 6.45. The number of halogens is 1. The standard InChI is InChI=1S/C13H20N2O4S.ClH/c1-18-12-6-5-10(7-13(12)19-2)20(16,17)15-8-11(14)9-3-4-9;/h5-7,9,11,15H,3-4,8,14H2,1-2H3;1H. The Bertz CT molecular complexity index is 576. The summed E-state index contributed by atoms with van der Waals surface area (Å²) in [5, 5.41) is 0. The second-order valence-corrected chi connectivity index (χ2v) is 6.64. The summed E-state index contributed by atoms with van der Waals surface area (Å²) in [6.45, 7) is 0.251. The first-order chi connectivity index (χ1) is 9.47. The van der Waals surface area contributed by atoms with Gasteiger partial charge in [0.25, 0.3) is 0 Å². The molecule has 2 rings (SSSR count). The summed E-state index contributed by atoms with van der Waals surface area (Å²) in [7, 11) is -0.622. The molecule has 1 fully saturated rings. The van der Waals surface area contributed by atoms with E-state index in [2.05, 4.69) is 4.72 Å². The molecule has 21 heavy (non-hydrogen) atoms. The monoisotopic (exact) mass is 336 g/mol. The Balaban J connectivity index is 0.00000220. The minimum absolute atomic E-state index is 0. The summed E-state index contributed by atoms with van der Waals surface area (Å²) in [5.74, 6) is 1.31. The zero-order chi connectivity index (χ0) is 14.8. The van der Waals surface area contributed by atoms with E-state index in [1.54, 1.807) is 6.07 Å². The number of nitrogens with two attached hydrogens (primary N) is 1. The minimum Gasteiger partial charge on any atom is -0.493 e. The third-order valence-electron chi connectivity index (χ3n) is 3.40. The molecular weight excluding hydrogens is 316 g/mol. The van der Waals surface area contributed by atoms with Crippen LogP contribution in [0.5, 0.6) is 11.5 Å². The Morgan fingerprint density at radius 3 is 2.43 bits per heavy atom. The van der Waals surface area contributed by atoms with Gasteiger partial charge in [-0.1, -0.05) is 0 Å². The zero-order valence-corrected chi connectivity index (χ0v) is 13.7. The number of hydrogen-bond acceptors (Lipinski definition) is 5. The maximum absolute atomic E-state index is 12.2. The van der Waals surface area contributed by atoms with Crippen molar-refractivity contribution >= 4 is 22.4 Å². The Morgan fingerprint density at radius 2 is 1.90 bits per heavy atom. The predicted molar refractivity (Wildman–Crippen MR) is 82.7 cm³/mol. The highest BCUT2D eigenvalue weighted by Crippen LogP contribution is 2.32. The summed E-state index contributed by atoms with van der Waals surface area (Å²) in [5.41, 5.74) is 5.89. The SMILES string of the molecule is COc1ccc(S(=O)(=O)NCC(N)C2CC2)cc1OC.Cl. The molecule has 0 aromatic heterocycles. The number of methoxy groups -OCH3 is 2. The average molecular weight is 337 g/mol. The van der Waals surface area contributed by atoms with Crippen LogP contribution in [0.3, 0.4) is 0 Å². The first-order valence-corrected chi connectivity index (χ1v) is 7.93. The summed E-state index contributed by atoms with van der Waals surface area (Å²) in [6, 6.07) is 4.36. The van der Waals surface area contributed by atoms with Gasteiger partial charge in [0, 0.05) is 18.7 Å². The third kappa shape index (κ3) is 4.47. The molecule has 0 radical (unpaired) electrons. The van der Waals surface area contributed by atoms with Crippen LogP contribution in [0.15, 0.2) is 23.1 Å². The van der Waals surface area contributed by atoms with Crippen LogP contribution in [0.2, 0.25) is 0 Å². The lowest BCUT2D eigenvalue weighted by Gasteiger charge is -2.13. The van der Waals surface area contributed by atoms with Gasteiger partial charge < -0.3 is 15.2 Å². The van der Waals surface area contributed by atoms with Crippen molar-refractivity contribution in [2.45, 2.75) is 23.8 Å². The summed E-state index contributed by atoms with van der Waals surface area (Å²) >= 11 is 0. The van der Waals surface area contributed by atoms with Gasteiger partial charge in [0.1, 0.15) is 0 Å². The molecule has 6 nitrogen and oxygen atoms in total. The highest BCUT2D eigenvalue weighted by molar-refractivity contribution is 7.89. The molecule has 0 amide bonds. The van der Waals surface area contributed by atoms with Crippen LogP contribution in [0.4, 0.5) is 0 Å². The van der Waals surface area contributed by atoms with Crippen molar-refractivity contribution in [3.63, 3.8) is 0 Å². The molecule has 0 heterocycles. The second kappa shape index (κ2) is 7.31. The Hall–Kier alpha value is -1.02. The van der Waals surface area contributed by atoms with E-state index in [1.165, 1.54) is 26.4 Å². The topological polar surface area (TPSA) is 90.7 Å². The average Bonchev–Trinajstić information content (AvgIpc) is 3.28. The van der Waals surface area contributed by atoms with E-state index in [4.69, 9.17) is 15.2 Å². The van der Waals surface area contributed by atoms with Gasteiger partial charge >= 0.3 is 0 Å². The summed E-state index contributed by atoms with van der Waals surface area (Å²) in [4.78, 5) is 0.137. The van der Waals surface area contributed by atoms with E-state index in [1.807, 2.05) is 0 Å². The van der Waals surface area contributed by atoms with Gasteiger partial charge in [0.05, 0.1) is 19.1 Å². The number of ether oxygens (including phenoxy) is 2. The number of nitrogens with one attached hydrogen (secondary N) is 1. The Morgan fingerprint density at radius 1 is 1.29 bits per heavy atom. The fourth-order valence-corrected chi connectivity index (χ4v) is 3.05. The van der Waals surface area contributed by atoms with Gasteiger partial charge in [-0.3, -0.25) is 0 Å². The van der Waals surface area contributed by atoms with Crippen LogP contribution in [-0.2, 0) is 10.0 Å². The van der Waals surface area contributed by atoms with Crippen molar-refractivity contribution in [1.29, 1.82) is 0 Å². The van der Waals surface area contributed by atoms with Crippen LogP contribution < -0.4 is 19.9 Å². The maximum Gasteiger partial charge on any atom is 0.240 e. The number of benzene rings is 1. The molecule has 1 aliphatic rings. The number of sulfonamides is 1. The van der Waals surface area contributed by atoms with Gasteiger partial charge in [0.15, 0.2) is 11.5 Å². The van der Waals surface area contributed by atoms with E-state index >= 15 is 0 Å². The van der Waals surface area contributed by atoms with Crippen molar-refractivity contribution < 1.29 is 17.9 Å². The lowest BCUT2D eigenvalue weighted by atomic mass is 10.2. The highest BCUT2D eigenvalue weighted by Gasteiger charge is 2.29. The fraction of sp³-hybridized carbons (Fsp3) is 0.538. The van der Waals surface area contributed by atoms with Gasteiger partial charge in [-0.2, -0.15) is 0 Å². The number of rotatable bonds is 7. The molecule has 1 aromatic rings. The molecule has 120 valence electrons. The lowest BCUT2D eigenvalue weighted by Crippen LogP contribution is -2.38. The molecule has 0 bridgehead atoms. The van der Waals surface area contributed by atoms with Crippen molar-refractivity contribution in [1.82, 2.24) is 4.72 Å². The first kappa shape index (κ1) is 18.0. The van der Waals surface area contributed by atoms with E-state index < -0.39 is 10.0 Å². The molecule has 0 aliphatic heterocycles. The second-order valence-electron chi connectivity index (χ2n) is 4.87. The number of hydrogen-bond donors (Lipinski definition) is 2. The molecule has 0 spiro atoms. The predicted octanol–water partition coefficient (Wildman–Crippen LogP) is 1.14. The normalized spacial score (nSPS) is 16.0. The molecule has 1 unspecified atom stereocenters. The van der Waals surface area contributed by atoms with Crippen molar-refractivity contribution in [3.05, 3.63) is 18.2 Å². The van der Waals surface area contributed by atoms with E-state index in [-0.39, 0.29) is 29.9 Å². The zero-order valence-electron chi connectivity index (χ0n) is 12.0. The molecular formula is C13H21ClN2O4S. The summed E-state index contributed by atoms with van der Waals surface area (Å²) in [6.07, 6.45) is 2.17. The van der Waals surface area contributed by atoms with Crippen LogP contribution in [0, 0.1) is 5.92 Å². The smallest absolute Gasteiger partial charge is 0.240 e. The van der Waals surface area contributed by atoms with E-state index in [9.17, 15) is 8.42 Å². The molecule has 3 N–H and O–H groups in total. The highest BCUT2D eigenvalue weighted by atomic mass is 35.5. The largest absolute Gasteiger partial charge is 0.493 e. The van der Waals surface area contributed by atoms with Gasteiger partial charge in [-0.05, 0) is 30.9 Å². The molecule has 1 saturated carbocycles. The fourth-order valence-electron chi connectivity index (χ4n) is 1.96. The molecule has 1 aromatic carbocycles. The molecule has 0 saturated heterocycles. The van der Waals surface area contributed by atoms with Crippen LogP contribution in [-0.4, -0.2) is 35.2 Å². The summed E-state index contributed by atoms with van der Waals surface area (Å²) < 4.78 is 37.1. The minimum atomic E-state index is -3.58. The third-order valence-corrected chi connectivity index (χ3v) is 4.82. The van der Waals surface area contributed by atoms with Crippen LogP contribution in [0.1, 0.15) is 12.8 Å². The van der Waals surface area contributed by atoms with Crippen molar-refractivity contribution in [2.24, 2.45) is 11.7 Å². The molecule has 8 heteroatoms.